The SMILES string of the molecule is Cc1ccccc1N1CCN(C(=O)c2cc(=O)[nH]c(=O)[nH]2)C(C)C1. The van der Waals surface area contributed by atoms with Crippen LogP contribution in [0.25, 0.3) is 0 Å². The first-order valence-electron chi connectivity index (χ1n) is 7.91. The molecule has 1 saturated heterocycles. The molecule has 24 heavy (non-hydrogen) atoms. The Bertz CT molecular complexity index is 842. The van der Waals surface area contributed by atoms with Crippen LogP contribution in [0.3, 0.4) is 0 Å². The Morgan fingerprint density at radius 3 is 2.58 bits per heavy atom. The number of carbonyl (C=O) groups is 1. The first-order chi connectivity index (χ1) is 11.5. The number of para-hydroxylation sites is 1. The van der Waals surface area contributed by atoms with E-state index in [-0.39, 0.29) is 17.6 Å². The van der Waals surface area contributed by atoms with Crippen LogP contribution in [0, 0.1) is 6.92 Å². The molecule has 1 aromatic carbocycles. The number of nitrogens with one attached hydrogen (secondary N) is 2. The van der Waals surface area contributed by atoms with Gasteiger partial charge in [-0.3, -0.25) is 14.6 Å². The molecule has 0 spiro atoms. The molecule has 2 aromatic rings. The van der Waals surface area contributed by atoms with Gasteiger partial charge in [-0.2, -0.15) is 0 Å². The molecule has 1 aliphatic heterocycles. The van der Waals surface area contributed by atoms with Crippen LogP contribution in [0.2, 0.25) is 0 Å². The number of carbonyl (C=O) groups excluding carboxylic acids is 1. The summed E-state index contributed by atoms with van der Waals surface area (Å²) in [6.45, 7) is 5.97. The van der Waals surface area contributed by atoms with Crippen molar-refractivity contribution in [3.8, 4) is 0 Å². The average molecular weight is 328 g/mol. The van der Waals surface area contributed by atoms with Gasteiger partial charge in [0.05, 0.1) is 0 Å². The van der Waals surface area contributed by atoms with Crippen LogP contribution in [-0.4, -0.2) is 46.5 Å². The third-order valence-electron chi connectivity index (χ3n) is 4.34. The molecule has 2 heterocycles. The smallest absolute Gasteiger partial charge is 0.326 e. The zero-order chi connectivity index (χ0) is 17.3. The number of hydrogen-bond acceptors (Lipinski definition) is 4. The Kier molecular flexibility index (Phi) is 4.24. The Balaban J connectivity index is 1.78. The summed E-state index contributed by atoms with van der Waals surface area (Å²) in [6.07, 6.45) is 0. The van der Waals surface area contributed by atoms with Gasteiger partial charge in [0.25, 0.3) is 11.5 Å². The number of rotatable bonds is 2. The molecular weight excluding hydrogens is 308 g/mol. The van der Waals surface area contributed by atoms with Gasteiger partial charge >= 0.3 is 5.69 Å². The van der Waals surface area contributed by atoms with Crippen molar-refractivity contribution < 1.29 is 4.79 Å². The van der Waals surface area contributed by atoms with E-state index in [0.717, 1.165) is 6.07 Å². The van der Waals surface area contributed by atoms with E-state index in [4.69, 9.17) is 0 Å². The first kappa shape index (κ1) is 16.0. The van der Waals surface area contributed by atoms with E-state index >= 15 is 0 Å². The molecule has 0 bridgehead atoms. The molecule has 7 heteroatoms. The van der Waals surface area contributed by atoms with E-state index in [1.54, 1.807) is 4.90 Å². The molecule has 2 N–H and O–H groups in total. The molecule has 0 saturated carbocycles. The molecule has 0 aliphatic carbocycles. The zero-order valence-electron chi connectivity index (χ0n) is 13.7. The summed E-state index contributed by atoms with van der Waals surface area (Å²) in [6, 6.07) is 9.25. The highest BCUT2D eigenvalue weighted by atomic mass is 16.2. The van der Waals surface area contributed by atoms with Crippen molar-refractivity contribution in [1.82, 2.24) is 14.9 Å². The molecule has 1 amide bonds. The lowest BCUT2D eigenvalue weighted by Crippen LogP contribution is -2.54. The monoisotopic (exact) mass is 328 g/mol. The molecule has 1 aromatic heterocycles. The van der Waals surface area contributed by atoms with Crippen molar-refractivity contribution in [3.05, 3.63) is 62.4 Å². The number of H-pyrrole nitrogens is 2. The molecule has 1 fully saturated rings. The number of hydrogen-bond donors (Lipinski definition) is 2. The molecule has 1 aliphatic rings. The first-order valence-corrected chi connectivity index (χ1v) is 7.91. The van der Waals surface area contributed by atoms with Gasteiger partial charge in [0.2, 0.25) is 0 Å². The summed E-state index contributed by atoms with van der Waals surface area (Å²) in [7, 11) is 0. The lowest BCUT2D eigenvalue weighted by atomic mass is 10.1. The number of piperazine rings is 1. The predicted molar refractivity (Wildman–Crippen MR) is 91.6 cm³/mol. The molecule has 1 atom stereocenters. The van der Waals surface area contributed by atoms with Crippen molar-refractivity contribution in [2.24, 2.45) is 0 Å². The third-order valence-corrected chi connectivity index (χ3v) is 4.34. The van der Waals surface area contributed by atoms with Gasteiger partial charge < -0.3 is 14.8 Å². The maximum absolute atomic E-state index is 12.6. The van der Waals surface area contributed by atoms with Crippen molar-refractivity contribution >= 4 is 11.6 Å². The molecular formula is C17H20N4O3. The van der Waals surface area contributed by atoms with E-state index in [0.29, 0.717) is 19.6 Å². The number of aromatic amines is 2. The van der Waals surface area contributed by atoms with E-state index in [1.165, 1.54) is 11.3 Å². The van der Waals surface area contributed by atoms with Gasteiger partial charge in [-0.15, -0.1) is 0 Å². The minimum atomic E-state index is -0.669. The maximum atomic E-state index is 12.6. The largest absolute Gasteiger partial charge is 0.367 e. The molecule has 126 valence electrons. The predicted octanol–water partition coefficient (Wildman–Crippen LogP) is 0.723. The second-order valence-corrected chi connectivity index (χ2v) is 6.08. The number of amides is 1. The van der Waals surface area contributed by atoms with Gasteiger partial charge in [0.15, 0.2) is 0 Å². The number of aromatic nitrogens is 2. The van der Waals surface area contributed by atoms with Gasteiger partial charge in [-0.05, 0) is 25.5 Å². The lowest BCUT2D eigenvalue weighted by Gasteiger charge is -2.41. The highest BCUT2D eigenvalue weighted by Gasteiger charge is 2.29. The molecule has 1 unspecified atom stereocenters. The number of nitrogens with zero attached hydrogens (tertiary/aromatic N) is 2. The van der Waals surface area contributed by atoms with Crippen LogP contribution in [0.1, 0.15) is 23.0 Å². The highest BCUT2D eigenvalue weighted by molar-refractivity contribution is 5.92. The van der Waals surface area contributed by atoms with Crippen LogP contribution in [0.5, 0.6) is 0 Å². The fourth-order valence-corrected chi connectivity index (χ4v) is 3.14. The Labute approximate surface area is 138 Å². The standard InChI is InChI=1S/C17H20N4O3/c1-11-5-3-4-6-14(11)20-7-8-21(12(2)10-20)16(23)13-9-15(22)19-17(24)18-13/h3-6,9,12H,7-8,10H2,1-2H3,(H2,18,19,22,24). The van der Waals surface area contributed by atoms with Crippen LogP contribution >= 0.6 is 0 Å². The van der Waals surface area contributed by atoms with Gasteiger partial charge in [0, 0.05) is 37.4 Å². The summed E-state index contributed by atoms with van der Waals surface area (Å²) in [5.74, 6) is -0.324. The minimum absolute atomic E-state index is 0.0277. The fraction of sp³-hybridized carbons (Fsp3) is 0.353. The van der Waals surface area contributed by atoms with Crippen LogP contribution in [0.4, 0.5) is 5.69 Å². The van der Waals surface area contributed by atoms with Crippen molar-refractivity contribution in [2.75, 3.05) is 24.5 Å². The van der Waals surface area contributed by atoms with Crippen molar-refractivity contribution in [3.63, 3.8) is 0 Å². The molecule has 0 radical (unpaired) electrons. The van der Waals surface area contributed by atoms with Gasteiger partial charge in [-0.1, -0.05) is 18.2 Å². The lowest BCUT2D eigenvalue weighted by molar-refractivity contribution is 0.0667. The fourth-order valence-electron chi connectivity index (χ4n) is 3.14. The highest BCUT2D eigenvalue weighted by Crippen LogP contribution is 2.23. The summed E-state index contributed by atoms with van der Waals surface area (Å²) >= 11 is 0. The van der Waals surface area contributed by atoms with Crippen LogP contribution in [0.15, 0.2) is 39.9 Å². The summed E-state index contributed by atoms with van der Waals surface area (Å²) < 4.78 is 0. The Morgan fingerprint density at radius 2 is 1.92 bits per heavy atom. The summed E-state index contributed by atoms with van der Waals surface area (Å²) in [5, 5.41) is 0. The number of benzene rings is 1. The van der Waals surface area contributed by atoms with E-state index in [1.807, 2.05) is 19.1 Å². The Hall–Kier alpha value is -2.83. The average Bonchev–Trinajstić information content (AvgIpc) is 2.53. The third kappa shape index (κ3) is 3.10. The van der Waals surface area contributed by atoms with Gasteiger partial charge in [0.1, 0.15) is 5.69 Å². The van der Waals surface area contributed by atoms with E-state index in [2.05, 4.69) is 33.9 Å². The summed E-state index contributed by atoms with van der Waals surface area (Å²) in [4.78, 5) is 43.8. The van der Waals surface area contributed by atoms with Crippen LogP contribution < -0.4 is 16.1 Å². The maximum Gasteiger partial charge on any atom is 0.326 e. The minimum Gasteiger partial charge on any atom is -0.367 e. The quantitative estimate of drug-likeness (QED) is 0.850. The zero-order valence-corrected chi connectivity index (χ0v) is 13.7. The Morgan fingerprint density at radius 1 is 1.17 bits per heavy atom. The van der Waals surface area contributed by atoms with Gasteiger partial charge in [-0.25, -0.2) is 4.79 Å². The summed E-state index contributed by atoms with van der Waals surface area (Å²) in [5.41, 5.74) is 1.15. The molecule has 7 nitrogen and oxygen atoms in total. The van der Waals surface area contributed by atoms with E-state index < -0.39 is 11.2 Å². The topological polar surface area (TPSA) is 89.3 Å². The van der Waals surface area contributed by atoms with Crippen molar-refractivity contribution in [2.45, 2.75) is 19.9 Å². The normalized spacial score (nSPS) is 17.8. The van der Waals surface area contributed by atoms with Crippen LogP contribution in [-0.2, 0) is 0 Å². The molecule has 3 rings (SSSR count). The second-order valence-electron chi connectivity index (χ2n) is 6.08. The van der Waals surface area contributed by atoms with Crippen molar-refractivity contribution in [1.29, 1.82) is 0 Å². The number of anilines is 1. The van der Waals surface area contributed by atoms with E-state index in [9.17, 15) is 14.4 Å². The second kappa shape index (κ2) is 6.35. The number of aryl methyl sites for hydroxylation is 1.